The van der Waals surface area contributed by atoms with E-state index in [4.69, 9.17) is 30.5 Å². The Morgan fingerprint density at radius 3 is 2.41 bits per heavy atom. The number of esters is 2. The molecular formula is C35H43ClN2O8. The van der Waals surface area contributed by atoms with E-state index >= 15 is 0 Å². The second-order valence-electron chi connectivity index (χ2n) is 12.3. The highest BCUT2D eigenvalue weighted by Crippen LogP contribution is 2.45. The van der Waals surface area contributed by atoms with Crippen LogP contribution in [0, 0.1) is 17.8 Å². The van der Waals surface area contributed by atoms with Crippen LogP contribution in [0.15, 0.2) is 60.7 Å². The van der Waals surface area contributed by atoms with Gasteiger partial charge in [0.1, 0.15) is 24.0 Å². The number of halogens is 1. The molecule has 2 aromatic carbocycles. The van der Waals surface area contributed by atoms with E-state index in [1.807, 2.05) is 51.1 Å². The minimum Gasteiger partial charge on any atom is -0.495 e. The summed E-state index contributed by atoms with van der Waals surface area (Å²) in [5.41, 5.74) is 1.73. The number of hydrogen-bond acceptors (Lipinski definition) is 8. The summed E-state index contributed by atoms with van der Waals surface area (Å²) in [5, 5.41) is 5.86. The van der Waals surface area contributed by atoms with Gasteiger partial charge >= 0.3 is 11.9 Å². The van der Waals surface area contributed by atoms with Gasteiger partial charge in [0.15, 0.2) is 6.10 Å². The fourth-order valence-corrected chi connectivity index (χ4v) is 5.67. The highest BCUT2D eigenvalue weighted by Gasteiger charge is 2.47. The van der Waals surface area contributed by atoms with Gasteiger partial charge in [-0.25, -0.2) is 4.79 Å². The van der Waals surface area contributed by atoms with Crippen LogP contribution in [0.1, 0.15) is 57.8 Å². The van der Waals surface area contributed by atoms with Crippen molar-refractivity contribution in [2.45, 2.75) is 77.4 Å². The molecule has 0 unspecified atom stereocenters. The van der Waals surface area contributed by atoms with E-state index < -0.39 is 47.9 Å². The molecule has 2 aliphatic heterocycles. The third-order valence-corrected chi connectivity index (χ3v) is 8.44. The molecule has 2 aromatic rings. The number of carbonyl (C=O) groups is 4. The van der Waals surface area contributed by atoms with Crippen LogP contribution in [0.5, 0.6) is 5.75 Å². The maximum absolute atomic E-state index is 13.5. The van der Waals surface area contributed by atoms with Gasteiger partial charge in [0.05, 0.1) is 24.2 Å². The second-order valence-corrected chi connectivity index (χ2v) is 12.7. The van der Waals surface area contributed by atoms with Crippen molar-refractivity contribution in [1.29, 1.82) is 0 Å². The summed E-state index contributed by atoms with van der Waals surface area (Å²) in [5.74, 6) is -2.78. The highest BCUT2D eigenvalue weighted by atomic mass is 35.5. The van der Waals surface area contributed by atoms with E-state index in [1.165, 1.54) is 13.2 Å². The maximum Gasteiger partial charge on any atom is 0.347 e. The number of ether oxygens (including phenoxy) is 4. The Labute approximate surface area is 275 Å². The molecule has 4 rings (SSSR count). The average Bonchev–Trinajstić information content (AvgIpc) is 3.83. The van der Waals surface area contributed by atoms with Gasteiger partial charge in [-0.3, -0.25) is 14.4 Å². The van der Waals surface area contributed by atoms with Crippen LogP contribution in [-0.2, 0) is 39.8 Å². The van der Waals surface area contributed by atoms with Crippen LogP contribution in [0.2, 0.25) is 5.02 Å². The molecule has 2 amide bonds. The van der Waals surface area contributed by atoms with Crippen LogP contribution in [0.3, 0.4) is 0 Å². The van der Waals surface area contributed by atoms with E-state index in [0.29, 0.717) is 16.3 Å². The predicted octanol–water partition coefficient (Wildman–Crippen LogP) is 4.73. The highest BCUT2D eigenvalue weighted by molar-refractivity contribution is 6.32. The quantitative estimate of drug-likeness (QED) is 0.308. The molecule has 2 aliphatic rings. The van der Waals surface area contributed by atoms with Gasteiger partial charge in [-0.1, -0.05) is 81.8 Å². The van der Waals surface area contributed by atoms with Gasteiger partial charge in [0, 0.05) is 25.3 Å². The lowest BCUT2D eigenvalue weighted by molar-refractivity contribution is -0.176. The Morgan fingerprint density at radius 1 is 1.00 bits per heavy atom. The SMILES string of the molecule is COc1ccc(C[C@H]2NC(=O)/C=C/C[C@@H]([C@H](C)[C@H]3O[C@@H]3c3ccccc3)OC(=O)[C@H](CC(C)C)OC(=O)[C@@H](C)CNC2=O)cc1Cl. The number of methoxy groups -OCH3 is 1. The van der Waals surface area contributed by atoms with E-state index in [0.717, 1.165) is 5.56 Å². The van der Waals surface area contributed by atoms with E-state index in [9.17, 15) is 19.2 Å². The number of amides is 2. The number of epoxide rings is 1. The summed E-state index contributed by atoms with van der Waals surface area (Å²) in [6.45, 7) is 7.31. The Hall–Kier alpha value is -3.89. The second kappa shape index (κ2) is 16.1. The zero-order chi connectivity index (χ0) is 33.4. The monoisotopic (exact) mass is 654 g/mol. The molecule has 248 valence electrons. The minimum absolute atomic E-state index is 0.0341. The van der Waals surface area contributed by atoms with E-state index in [-0.39, 0.29) is 49.9 Å². The normalized spacial score (nSPS) is 27.5. The number of carbonyl (C=O) groups excluding carboxylic acids is 4. The summed E-state index contributed by atoms with van der Waals surface area (Å²) < 4.78 is 22.9. The number of cyclic esters (lactones) is 2. The Bertz CT molecular complexity index is 1410. The lowest BCUT2D eigenvalue weighted by Crippen LogP contribution is -2.49. The first-order chi connectivity index (χ1) is 22.0. The predicted molar refractivity (Wildman–Crippen MR) is 172 cm³/mol. The van der Waals surface area contributed by atoms with Gasteiger partial charge in [0.2, 0.25) is 11.8 Å². The summed E-state index contributed by atoms with van der Waals surface area (Å²) in [6.07, 6.45) is 1.40. The molecule has 7 atom stereocenters. The van der Waals surface area contributed by atoms with Gasteiger partial charge in [0.25, 0.3) is 0 Å². The summed E-state index contributed by atoms with van der Waals surface area (Å²) in [4.78, 5) is 52.9. The van der Waals surface area contributed by atoms with Crippen molar-refractivity contribution in [3.63, 3.8) is 0 Å². The maximum atomic E-state index is 13.5. The van der Waals surface area contributed by atoms with Crippen LogP contribution >= 0.6 is 11.6 Å². The van der Waals surface area contributed by atoms with Crippen LogP contribution < -0.4 is 15.4 Å². The third-order valence-electron chi connectivity index (χ3n) is 8.14. The van der Waals surface area contributed by atoms with Crippen LogP contribution in [0.25, 0.3) is 0 Å². The van der Waals surface area contributed by atoms with Gasteiger partial charge in [-0.2, -0.15) is 0 Å². The summed E-state index contributed by atoms with van der Waals surface area (Å²) >= 11 is 6.30. The van der Waals surface area contributed by atoms with Gasteiger partial charge in [-0.15, -0.1) is 0 Å². The smallest absolute Gasteiger partial charge is 0.347 e. The van der Waals surface area contributed by atoms with Crippen LogP contribution in [-0.4, -0.2) is 61.8 Å². The van der Waals surface area contributed by atoms with Crippen molar-refractivity contribution in [3.8, 4) is 5.75 Å². The van der Waals surface area contributed by atoms with E-state index in [2.05, 4.69) is 10.6 Å². The first-order valence-electron chi connectivity index (χ1n) is 15.6. The van der Waals surface area contributed by atoms with Crippen LogP contribution in [0.4, 0.5) is 0 Å². The molecule has 1 saturated heterocycles. The zero-order valence-corrected chi connectivity index (χ0v) is 27.6. The van der Waals surface area contributed by atoms with Gasteiger partial charge in [-0.05, 0) is 41.7 Å². The van der Waals surface area contributed by atoms with E-state index in [1.54, 1.807) is 31.2 Å². The van der Waals surface area contributed by atoms with Crippen molar-refractivity contribution in [3.05, 3.63) is 76.8 Å². The molecule has 10 nitrogen and oxygen atoms in total. The largest absolute Gasteiger partial charge is 0.495 e. The Kier molecular flexibility index (Phi) is 12.2. The fraction of sp³-hybridized carbons (Fsp3) is 0.486. The number of hydrogen-bond donors (Lipinski definition) is 2. The topological polar surface area (TPSA) is 133 Å². The minimum atomic E-state index is -1.13. The number of benzene rings is 2. The standard InChI is InChI=1S/C35H43ClN2O8/c1-20(2)16-29-35(42)44-27(22(4)31-32(46-31)24-10-7-6-8-11-24)12-9-13-30(39)38-26(33(40)37-19-21(3)34(41)45-29)18-23-14-15-28(43-5)25(36)17-23/h6-11,13-15,17,20-22,26-27,29,31-32H,12,16,18-19H2,1-5H3,(H,37,40)(H,38,39)/b13-9+/t21-,22-,26+,27-,29-,31+,32+/m0/s1. The Balaban J connectivity index is 1.58. The molecule has 0 aromatic heterocycles. The van der Waals surface area contributed by atoms with Gasteiger partial charge < -0.3 is 29.6 Å². The van der Waals surface area contributed by atoms with Crippen molar-refractivity contribution in [2.24, 2.45) is 17.8 Å². The third kappa shape index (κ3) is 9.56. The lowest BCUT2D eigenvalue weighted by atomic mass is 9.93. The molecule has 0 saturated carbocycles. The zero-order valence-electron chi connectivity index (χ0n) is 26.9. The Morgan fingerprint density at radius 2 is 1.74 bits per heavy atom. The first-order valence-corrected chi connectivity index (χ1v) is 16.0. The summed E-state index contributed by atoms with van der Waals surface area (Å²) in [7, 11) is 1.51. The number of rotatable bonds is 8. The molecule has 46 heavy (non-hydrogen) atoms. The fourth-order valence-electron chi connectivity index (χ4n) is 5.39. The summed E-state index contributed by atoms with van der Waals surface area (Å²) in [6, 6.07) is 13.9. The first kappa shape index (κ1) is 35.0. The molecule has 0 bridgehead atoms. The lowest BCUT2D eigenvalue weighted by Gasteiger charge is -2.27. The number of nitrogens with one attached hydrogen (secondary N) is 2. The van der Waals surface area contributed by atoms with Crippen molar-refractivity contribution < 1.29 is 38.1 Å². The van der Waals surface area contributed by atoms with Crippen molar-refractivity contribution >= 4 is 35.4 Å². The molecule has 0 radical (unpaired) electrons. The average molecular weight is 655 g/mol. The molecule has 0 aliphatic carbocycles. The molecule has 2 heterocycles. The molecule has 2 N–H and O–H groups in total. The molecule has 0 spiro atoms. The molecular weight excluding hydrogens is 612 g/mol. The van der Waals surface area contributed by atoms with Crippen molar-refractivity contribution in [1.82, 2.24) is 10.6 Å². The van der Waals surface area contributed by atoms with Crippen molar-refractivity contribution in [2.75, 3.05) is 13.7 Å². The molecule has 1 fully saturated rings. The molecule has 11 heteroatoms.